The number of aliphatic hydroxyl groups is 1. The van der Waals surface area contributed by atoms with Crippen LogP contribution in [0.4, 0.5) is 0 Å². The van der Waals surface area contributed by atoms with E-state index in [9.17, 15) is 19.5 Å². The van der Waals surface area contributed by atoms with Gasteiger partial charge in [-0.3, -0.25) is 14.5 Å². The molecule has 10 heteroatoms. The number of likely N-dealkylation sites (tertiary alicyclic amines) is 1. The molecule has 2 aliphatic heterocycles. The van der Waals surface area contributed by atoms with Crippen molar-refractivity contribution in [2.24, 2.45) is 0 Å². The van der Waals surface area contributed by atoms with Gasteiger partial charge < -0.3 is 29.2 Å². The summed E-state index contributed by atoms with van der Waals surface area (Å²) in [6, 6.07) is 6.29. The van der Waals surface area contributed by atoms with E-state index in [1.165, 1.54) is 19.1 Å². The molecule has 0 aliphatic carbocycles. The van der Waals surface area contributed by atoms with Crippen LogP contribution >= 0.6 is 0 Å². The Hall–Kier alpha value is -3.63. The number of methoxy groups -OCH3 is 2. The molecule has 1 atom stereocenters. The molecule has 10 nitrogen and oxygen atoms in total. The van der Waals surface area contributed by atoms with Crippen LogP contribution in [0.3, 0.4) is 0 Å². The Morgan fingerprint density at radius 2 is 1.84 bits per heavy atom. The summed E-state index contributed by atoms with van der Waals surface area (Å²) in [6.07, 6.45) is 0.646. The Labute approximate surface area is 215 Å². The quantitative estimate of drug-likeness (QED) is 0.240. The van der Waals surface area contributed by atoms with Gasteiger partial charge in [-0.15, -0.1) is 0 Å². The molecule has 1 aromatic carbocycles. The molecule has 0 saturated carbocycles. The normalized spacial score (nSPS) is 19.9. The number of carbonyl (C=O) groups is 3. The van der Waals surface area contributed by atoms with E-state index < -0.39 is 23.7 Å². The fourth-order valence-corrected chi connectivity index (χ4v) is 5.16. The van der Waals surface area contributed by atoms with Crippen molar-refractivity contribution >= 4 is 23.4 Å². The van der Waals surface area contributed by atoms with Crippen molar-refractivity contribution in [3.63, 3.8) is 0 Å². The number of morpholine rings is 1. The van der Waals surface area contributed by atoms with Gasteiger partial charge >= 0.3 is 5.97 Å². The minimum atomic E-state index is -0.851. The number of aromatic amines is 1. The first kappa shape index (κ1) is 26.4. The van der Waals surface area contributed by atoms with Crippen LogP contribution in [0, 0.1) is 13.8 Å². The molecule has 198 valence electrons. The number of hydrogen-bond donors (Lipinski definition) is 2. The molecule has 2 aliphatic rings. The molecular weight excluding hydrogens is 478 g/mol. The Morgan fingerprint density at radius 1 is 1.14 bits per heavy atom. The summed E-state index contributed by atoms with van der Waals surface area (Å²) < 4.78 is 15.8. The average Bonchev–Trinajstić information content (AvgIpc) is 3.35. The molecular formula is C27H33N3O7. The highest BCUT2D eigenvalue weighted by Crippen LogP contribution is 2.43. The van der Waals surface area contributed by atoms with Crippen LogP contribution in [0.15, 0.2) is 29.8 Å². The topological polar surface area (TPSA) is 121 Å². The number of benzene rings is 1. The maximum Gasteiger partial charge on any atom is 0.354 e. The molecule has 2 aromatic rings. The van der Waals surface area contributed by atoms with Crippen LogP contribution in [0.25, 0.3) is 5.76 Å². The number of nitrogens with zero attached hydrogens (tertiary/aromatic N) is 2. The minimum Gasteiger partial charge on any atom is -0.507 e. The fourth-order valence-electron chi connectivity index (χ4n) is 5.16. The maximum absolute atomic E-state index is 13.4. The lowest BCUT2D eigenvalue weighted by Gasteiger charge is -2.29. The van der Waals surface area contributed by atoms with Crippen molar-refractivity contribution in [2.45, 2.75) is 26.3 Å². The summed E-state index contributed by atoms with van der Waals surface area (Å²) >= 11 is 0. The molecule has 1 aromatic heterocycles. The van der Waals surface area contributed by atoms with Crippen molar-refractivity contribution in [3.8, 4) is 5.75 Å². The number of esters is 1. The standard InChI is InChI=1S/C27H33N3O7/c1-16-20(17(2)28-22(16)27(34)36-4)24(31)21-23(18-8-5-6-9-19(18)35-3)30(26(33)25(21)32)11-7-10-29-12-14-37-15-13-29/h5-6,8-9,23,28,31H,7,10-15H2,1-4H3/t23-/m1/s1. The van der Waals surface area contributed by atoms with Crippen LogP contribution in [0.2, 0.25) is 0 Å². The van der Waals surface area contributed by atoms with Crippen molar-refractivity contribution in [3.05, 3.63) is 57.9 Å². The van der Waals surface area contributed by atoms with Gasteiger partial charge in [-0.05, 0) is 31.9 Å². The number of rotatable bonds is 8. The summed E-state index contributed by atoms with van der Waals surface area (Å²) in [4.78, 5) is 45.7. The smallest absolute Gasteiger partial charge is 0.354 e. The maximum atomic E-state index is 13.4. The predicted molar refractivity (Wildman–Crippen MR) is 135 cm³/mol. The van der Waals surface area contributed by atoms with Gasteiger partial charge in [-0.1, -0.05) is 18.2 Å². The molecule has 4 rings (SSSR count). The number of aliphatic hydroxyl groups excluding tert-OH is 1. The van der Waals surface area contributed by atoms with E-state index >= 15 is 0 Å². The van der Waals surface area contributed by atoms with Gasteiger partial charge in [0.25, 0.3) is 11.7 Å². The largest absolute Gasteiger partial charge is 0.507 e. The monoisotopic (exact) mass is 511 g/mol. The van der Waals surface area contributed by atoms with E-state index in [1.54, 1.807) is 38.1 Å². The van der Waals surface area contributed by atoms with E-state index in [4.69, 9.17) is 14.2 Å². The average molecular weight is 512 g/mol. The lowest BCUT2D eigenvalue weighted by Crippen LogP contribution is -2.39. The third-order valence-corrected chi connectivity index (χ3v) is 7.01. The van der Waals surface area contributed by atoms with Gasteiger partial charge in [0.05, 0.1) is 39.0 Å². The highest BCUT2D eigenvalue weighted by molar-refractivity contribution is 6.46. The molecule has 3 heterocycles. The number of H-pyrrole nitrogens is 1. The number of hydrogen-bond acceptors (Lipinski definition) is 8. The Morgan fingerprint density at radius 3 is 2.51 bits per heavy atom. The van der Waals surface area contributed by atoms with E-state index in [0.717, 1.165) is 19.6 Å². The van der Waals surface area contributed by atoms with Crippen LogP contribution in [-0.2, 0) is 19.1 Å². The van der Waals surface area contributed by atoms with Crippen LogP contribution in [-0.4, -0.2) is 91.2 Å². The van der Waals surface area contributed by atoms with Gasteiger partial charge in [0.2, 0.25) is 0 Å². The van der Waals surface area contributed by atoms with E-state index in [2.05, 4.69) is 9.88 Å². The number of amides is 1. The van der Waals surface area contributed by atoms with E-state index in [1.807, 2.05) is 0 Å². The number of nitrogens with one attached hydrogen (secondary N) is 1. The van der Waals surface area contributed by atoms with Crippen LogP contribution in [0.1, 0.15) is 45.3 Å². The number of ketones is 1. The predicted octanol–water partition coefficient (Wildman–Crippen LogP) is 2.57. The Bertz CT molecular complexity index is 1230. The van der Waals surface area contributed by atoms with Crippen molar-refractivity contribution < 1.29 is 33.7 Å². The highest BCUT2D eigenvalue weighted by atomic mass is 16.5. The zero-order valence-corrected chi connectivity index (χ0v) is 21.6. The number of aromatic nitrogens is 1. The van der Waals surface area contributed by atoms with E-state index in [-0.39, 0.29) is 17.0 Å². The molecule has 0 radical (unpaired) electrons. The Balaban J connectivity index is 1.78. The van der Waals surface area contributed by atoms with Gasteiger partial charge in [0, 0.05) is 43.0 Å². The number of aryl methyl sites for hydroxylation is 1. The lowest BCUT2D eigenvalue weighted by atomic mass is 9.93. The summed E-state index contributed by atoms with van der Waals surface area (Å²) in [6.45, 7) is 7.41. The molecule has 37 heavy (non-hydrogen) atoms. The zero-order chi connectivity index (χ0) is 26.7. The second kappa shape index (κ2) is 11.2. The molecule has 0 unspecified atom stereocenters. The van der Waals surface area contributed by atoms with Gasteiger partial charge in [-0.2, -0.15) is 0 Å². The molecule has 2 saturated heterocycles. The number of ether oxygens (including phenoxy) is 3. The second-order valence-electron chi connectivity index (χ2n) is 9.16. The highest BCUT2D eigenvalue weighted by Gasteiger charge is 2.47. The summed E-state index contributed by atoms with van der Waals surface area (Å²) in [5, 5.41) is 11.5. The SMILES string of the molecule is COC(=O)c1[nH]c(C)c(C(O)=C2C(=O)C(=O)N(CCCN3CCOCC3)[C@@H]2c2ccccc2OC)c1C. The first-order valence-electron chi connectivity index (χ1n) is 12.3. The van der Waals surface area contributed by atoms with Crippen molar-refractivity contribution in [2.75, 3.05) is 53.6 Å². The third kappa shape index (κ3) is 4.99. The van der Waals surface area contributed by atoms with E-state index in [0.29, 0.717) is 54.3 Å². The fraction of sp³-hybridized carbons (Fsp3) is 0.444. The molecule has 0 spiro atoms. The summed E-state index contributed by atoms with van der Waals surface area (Å²) in [5.74, 6) is -1.90. The van der Waals surface area contributed by atoms with Gasteiger partial charge in [-0.25, -0.2) is 4.79 Å². The summed E-state index contributed by atoms with van der Waals surface area (Å²) in [7, 11) is 2.79. The summed E-state index contributed by atoms with van der Waals surface area (Å²) in [5.41, 5.74) is 1.94. The number of para-hydroxylation sites is 1. The van der Waals surface area contributed by atoms with Gasteiger partial charge in [0.15, 0.2) is 0 Å². The second-order valence-corrected chi connectivity index (χ2v) is 9.16. The molecule has 0 bridgehead atoms. The van der Waals surface area contributed by atoms with Crippen molar-refractivity contribution in [1.82, 2.24) is 14.8 Å². The molecule has 1 amide bonds. The first-order valence-corrected chi connectivity index (χ1v) is 12.3. The zero-order valence-electron chi connectivity index (χ0n) is 21.6. The molecule has 2 N–H and O–H groups in total. The van der Waals surface area contributed by atoms with Crippen LogP contribution in [0.5, 0.6) is 5.75 Å². The first-order chi connectivity index (χ1) is 17.8. The van der Waals surface area contributed by atoms with Crippen molar-refractivity contribution in [1.29, 1.82) is 0 Å². The number of Topliss-reactive ketones (excluding diaryl/α,β-unsaturated/α-hetero) is 1. The van der Waals surface area contributed by atoms with Crippen LogP contribution < -0.4 is 4.74 Å². The Kier molecular flexibility index (Phi) is 7.99. The lowest BCUT2D eigenvalue weighted by molar-refractivity contribution is -0.140. The third-order valence-electron chi connectivity index (χ3n) is 7.01. The van der Waals surface area contributed by atoms with Gasteiger partial charge in [0.1, 0.15) is 17.2 Å². The molecule has 2 fully saturated rings. The minimum absolute atomic E-state index is 0.0394. The number of carbonyl (C=O) groups excluding carboxylic acids is 3.